The zero-order chi connectivity index (χ0) is 27.6. The van der Waals surface area contributed by atoms with Crippen molar-refractivity contribution in [2.24, 2.45) is 0 Å². The predicted molar refractivity (Wildman–Crippen MR) is 148 cm³/mol. The van der Waals surface area contributed by atoms with Crippen LogP contribution in [-0.2, 0) is 16.6 Å². The molecular weight excluding hydrogens is 540 g/mol. The summed E-state index contributed by atoms with van der Waals surface area (Å²) in [6.45, 7) is 1.54. The second-order valence-electron chi connectivity index (χ2n) is 10.2. The molecule has 2 atom stereocenters. The number of nitrogens with zero attached hydrogens (tertiary/aromatic N) is 6. The Labute approximate surface area is 232 Å². The first-order valence-electron chi connectivity index (χ1n) is 12.9. The Kier molecular flexibility index (Phi) is 8.16. The molecule has 3 heterocycles. The van der Waals surface area contributed by atoms with Gasteiger partial charge in [0.2, 0.25) is 16.0 Å². The molecule has 0 bridgehead atoms. The molecule has 13 heteroatoms. The number of nitriles is 1. The molecule has 206 valence electrons. The lowest BCUT2D eigenvalue weighted by atomic mass is 10.1. The van der Waals surface area contributed by atoms with E-state index >= 15 is 0 Å². The molecular formula is C26H31ClN8O3S. The smallest absolute Gasteiger partial charge is 0.223 e. The average Bonchev–Trinajstić information content (AvgIpc) is 3.56. The number of sulfonamides is 1. The number of anilines is 1. The number of halogens is 1. The summed E-state index contributed by atoms with van der Waals surface area (Å²) in [5, 5.41) is 31.1. The van der Waals surface area contributed by atoms with E-state index in [4.69, 9.17) is 11.6 Å². The van der Waals surface area contributed by atoms with Gasteiger partial charge in [0.05, 0.1) is 46.7 Å². The third-order valence-electron chi connectivity index (χ3n) is 7.28. The van der Waals surface area contributed by atoms with Crippen LogP contribution in [0.1, 0.15) is 43.2 Å². The van der Waals surface area contributed by atoms with Gasteiger partial charge in [-0.3, -0.25) is 0 Å². The lowest BCUT2D eigenvalue weighted by Gasteiger charge is -2.30. The van der Waals surface area contributed by atoms with Crippen LogP contribution in [0.4, 0.5) is 5.95 Å². The van der Waals surface area contributed by atoms with Crippen molar-refractivity contribution in [3.05, 3.63) is 52.9 Å². The van der Waals surface area contributed by atoms with E-state index in [0.717, 1.165) is 24.8 Å². The molecule has 1 saturated heterocycles. The fourth-order valence-electron chi connectivity index (χ4n) is 5.10. The fourth-order valence-corrected chi connectivity index (χ4v) is 6.26. The van der Waals surface area contributed by atoms with Crippen LogP contribution in [0.2, 0.25) is 5.02 Å². The molecule has 2 aromatic heterocycles. The minimum absolute atomic E-state index is 0.0251. The van der Waals surface area contributed by atoms with E-state index in [1.54, 1.807) is 17.1 Å². The van der Waals surface area contributed by atoms with Crippen molar-refractivity contribution < 1.29 is 13.5 Å². The monoisotopic (exact) mass is 570 g/mol. The van der Waals surface area contributed by atoms with Crippen LogP contribution in [0.15, 0.2) is 36.8 Å². The highest BCUT2D eigenvalue weighted by atomic mass is 35.5. The highest BCUT2D eigenvalue weighted by Crippen LogP contribution is 2.27. The SMILES string of the molecule is CS(=O)(=O)N1CCC(Nc2ncc(C#N)c(-c3cnn(-c4ccc(CN[C@@H]5CC[C@@H](O)C5)cc4Cl)c3)n2)CC1. The second kappa shape index (κ2) is 11.6. The molecule has 0 unspecified atom stereocenters. The Hall–Kier alpha value is -3.08. The molecule has 0 amide bonds. The first-order valence-corrected chi connectivity index (χ1v) is 15.2. The van der Waals surface area contributed by atoms with E-state index in [9.17, 15) is 18.8 Å². The number of aliphatic hydroxyl groups excluding tert-OH is 1. The normalized spacial score (nSPS) is 20.7. The zero-order valence-electron chi connectivity index (χ0n) is 21.6. The third-order valence-corrected chi connectivity index (χ3v) is 8.89. The van der Waals surface area contributed by atoms with Gasteiger partial charge in [-0.1, -0.05) is 17.7 Å². The molecule has 1 aliphatic heterocycles. The number of piperidine rings is 1. The van der Waals surface area contributed by atoms with Gasteiger partial charge < -0.3 is 15.7 Å². The maximum absolute atomic E-state index is 11.8. The Morgan fingerprint density at radius 2 is 1.97 bits per heavy atom. The van der Waals surface area contributed by atoms with Crippen molar-refractivity contribution in [1.82, 2.24) is 29.4 Å². The second-order valence-corrected chi connectivity index (χ2v) is 12.5. The summed E-state index contributed by atoms with van der Waals surface area (Å²) in [7, 11) is -3.20. The minimum atomic E-state index is -3.20. The van der Waals surface area contributed by atoms with E-state index < -0.39 is 10.0 Å². The summed E-state index contributed by atoms with van der Waals surface area (Å²) < 4.78 is 26.7. The largest absolute Gasteiger partial charge is 0.393 e. The number of rotatable bonds is 8. The first-order chi connectivity index (χ1) is 18.7. The van der Waals surface area contributed by atoms with Gasteiger partial charge in [-0.15, -0.1) is 0 Å². The summed E-state index contributed by atoms with van der Waals surface area (Å²) in [4.78, 5) is 8.89. The first kappa shape index (κ1) is 27.5. The molecule has 0 radical (unpaired) electrons. The number of nitrogens with one attached hydrogen (secondary N) is 2. The van der Waals surface area contributed by atoms with Crippen molar-refractivity contribution in [2.45, 2.75) is 56.8 Å². The van der Waals surface area contributed by atoms with Gasteiger partial charge in [0.25, 0.3) is 0 Å². The summed E-state index contributed by atoms with van der Waals surface area (Å²) in [5.41, 5.74) is 3.15. The molecule has 1 saturated carbocycles. The number of hydrogen-bond acceptors (Lipinski definition) is 9. The number of aliphatic hydroxyl groups is 1. The number of hydrogen-bond donors (Lipinski definition) is 3. The molecule has 0 spiro atoms. The summed E-state index contributed by atoms with van der Waals surface area (Å²) in [6, 6.07) is 8.28. The van der Waals surface area contributed by atoms with E-state index in [0.29, 0.717) is 72.0 Å². The predicted octanol–water partition coefficient (Wildman–Crippen LogP) is 2.69. The molecule has 5 rings (SSSR count). The van der Waals surface area contributed by atoms with Crippen LogP contribution in [-0.4, -0.2) is 75.1 Å². The number of aromatic nitrogens is 4. The lowest BCUT2D eigenvalue weighted by molar-refractivity contribution is 0.179. The van der Waals surface area contributed by atoms with Crippen molar-refractivity contribution in [3.8, 4) is 23.0 Å². The van der Waals surface area contributed by atoms with E-state index in [1.807, 2.05) is 18.2 Å². The Balaban J connectivity index is 1.28. The van der Waals surface area contributed by atoms with Crippen LogP contribution in [0, 0.1) is 11.3 Å². The highest BCUT2D eigenvalue weighted by Gasteiger charge is 2.26. The third kappa shape index (κ3) is 6.57. The molecule has 3 N–H and O–H groups in total. The maximum Gasteiger partial charge on any atom is 0.223 e. The van der Waals surface area contributed by atoms with Crippen molar-refractivity contribution in [1.29, 1.82) is 5.26 Å². The van der Waals surface area contributed by atoms with Crippen LogP contribution in [0.3, 0.4) is 0 Å². The summed E-state index contributed by atoms with van der Waals surface area (Å²) >= 11 is 6.61. The lowest BCUT2D eigenvalue weighted by Crippen LogP contribution is -2.42. The van der Waals surface area contributed by atoms with Crippen molar-refractivity contribution in [2.75, 3.05) is 24.7 Å². The van der Waals surface area contributed by atoms with Gasteiger partial charge in [-0.25, -0.2) is 27.4 Å². The quantitative estimate of drug-likeness (QED) is 0.371. The fraction of sp³-hybridized carbons (Fsp3) is 0.462. The average molecular weight is 571 g/mol. The van der Waals surface area contributed by atoms with Crippen LogP contribution < -0.4 is 10.6 Å². The van der Waals surface area contributed by atoms with Crippen molar-refractivity contribution >= 4 is 27.6 Å². The Bertz CT molecular complexity index is 1480. The zero-order valence-corrected chi connectivity index (χ0v) is 23.2. The van der Waals surface area contributed by atoms with Gasteiger partial charge in [0.1, 0.15) is 6.07 Å². The summed E-state index contributed by atoms with van der Waals surface area (Å²) in [6.07, 6.45) is 9.74. The Morgan fingerprint density at radius 1 is 1.18 bits per heavy atom. The van der Waals surface area contributed by atoms with Gasteiger partial charge in [-0.05, 0) is 49.8 Å². The maximum atomic E-state index is 11.8. The van der Waals surface area contributed by atoms with Crippen LogP contribution in [0.25, 0.3) is 16.9 Å². The van der Waals surface area contributed by atoms with Crippen LogP contribution in [0.5, 0.6) is 0 Å². The Morgan fingerprint density at radius 3 is 2.64 bits per heavy atom. The van der Waals surface area contributed by atoms with Gasteiger partial charge >= 0.3 is 0 Å². The van der Waals surface area contributed by atoms with Gasteiger partial charge in [0.15, 0.2) is 0 Å². The van der Waals surface area contributed by atoms with E-state index in [2.05, 4.69) is 31.8 Å². The van der Waals surface area contributed by atoms with Crippen molar-refractivity contribution in [3.63, 3.8) is 0 Å². The van der Waals surface area contributed by atoms with Crippen LogP contribution >= 0.6 is 11.6 Å². The molecule has 2 fully saturated rings. The standard InChI is InChI=1S/C26H31ClN8O3S/c1-39(37,38)34-8-6-20(7-9-34)32-26-30-14-18(12-28)25(33-26)19-15-31-35(16-19)24-5-2-17(10-23(24)27)13-29-21-3-4-22(36)11-21/h2,5,10,14-16,20-22,29,36H,3-4,6-9,11,13H2,1H3,(H,30,32,33)/t21-,22-/m1/s1. The highest BCUT2D eigenvalue weighted by molar-refractivity contribution is 7.88. The molecule has 39 heavy (non-hydrogen) atoms. The molecule has 3 aromatic rings. The minimum Gasteiger partial charge on any atom is -0.393 e. The molecule has 1 aromatic carbocycles. The van der Waals surface area contributed by atoms with Gasteiger partial charge in [-0.2, -0.15) is 10.4 Å². The van der Waals surface area contributed by atoms with E-state index in [-0.39, 0.29) is 12.1 Å². The van der Waals surface area contributed by atoms with E-state index in [1.165, 1.54) is 16.8 Å². The molecule has 11 nitrogen and oxygen atoms in total. The summed E-state index contributed by atoms with van der Waals surface area (Å²) in [5.74, 6) is 0.374. The molecule has 1 aliphatic carbocycles. The molecule has 2 aliphatic rings. The topological polar surface area (TPSA) is 149 Å². The van der Waals surface area contributed by atoms with Gasteiger partial charge in [0, 0.05) is 43.5 Å². The number of benzene rings is 1.